The molecule has 2 heterocycles. The van der Waals surface area contributed by atoms with Crippen LogP contribution in [-0.2, 0) is 6.54 Å². The van der Waals surface area contributed by atoms with E-state index in [4.69, 9.17) is 0 Å². The van der Waals surface area contributed by atoms with Crippen LogP contribution in [0.25, 0.3) is 4.96 Å². The number of nitrogens with one attached hydrogen (secondary N) is 1. The molecule has 3 rings (SSSR count). The average Bonchev–Trinajstić information content (AvgIpc) is 2.97. The molecule has 6 nitrogen and oxygen atoms in total. The van der Waals surface area contributed by atoms with Gasteiger partial charge >= 0.3 is 0 Å². The van der Waals surface area contributed by atoms with Crippen LogP contribution in [0.3, 0.4) is 0 Å². The Morgan fingerprint density at radius 2 is 2.16 bits per heavy atom. The molecule has 0 saturated carbocycles. The Morgan fingerprint density at radius 1 is 1.37 bits per heavy atom. The first-order valence-corrected chi connectivity index (χ1v) is 6.54. The normalized spacial score (nSPS) is 10.8. The van der Waals surface area contributed by atoms with E-state index in [1.165, 1.54) is 17.7 Å². The van der Waals surface area contributed by atoms with Crippen molar-refractivity contribution in [2.45, 2.75) is 13.5 Å². The second kappa shape index (κ2) is 4.77. The lowest BCUT2D eigenvalue weighted by molar-refractivity contribution is 0.0951. The molecule has 0 radical (unpaired) electrons. The van der Waals surface area contributed by atoms with Gasteiger partial charge in [0.1, 0.15) is 11.3 Å². The number of rotatable bonds is 3. The monoisotopic (exact) mass is 273 g/mol. The number of carbonyl (C=O) groups is 1. The van der Waals surface area contributed by atoms with Crippen LogP contribution in [0.4, 0.5) is 0 Å². The zero-order valence-electron chi connectivity index (χ0n) is 10.2. The molecule has 19 heavy (non-hydrogen) atoms. The largest absolute Gasteiger partial charge is 0.345 e. The van der Waals surface area contributed by atoms with E-state index >= 15 is 0 Å². The van der Waals surface area contributed by atoms with Gasteiger partial charge in [-0.2, -0.15) is 9.61 Å². The van der Waals surface area contributed by atoms with Crippen LogP contribution in [0.5, 0.6) is 0 Å². The molecule has 0 saturated heterocycles. The summed E-state index contributed by atoms with van der Waals surface area (Å²) < 4.78 is 1.60. The first kappa shape index (κ1) is 11.8. The third-order valence-corrected chi connectivity index (χ3v) is 3.56. The van der Waals surface area contributed by atoms with Crippen molar-refractivity contribution in [1.29, 1.82) is 0 Å². The van der Waals surface area contributed by atoms with Crippen molar-refractivity contribution < 1.29 is 4.79 Å². The molecule has 96 valence electrons. The summed E-state index contributed by atoms with van der Waals surface area (Å²) in [7, 11) is 0. The fraction of sp³-hybridized carbons (Fsp3) is 0.167. The number of hydrogen-bond donors (Lipinski definition) is 1. The molecule has 0 fully saturated rings. The van der Waals surface area contributed by atoms with Gasteiger partial charge in [0.05, 0.1) is 6.54 Å². The van der Waals surface area contributed by atoms with E-state index < -0.39 is 0 Å². The van der Waals surface area contributed by atoms with Gasteiger partial charge in [-0.05, 0) is 19.1 Å². The van der Waals surface area contributed by atoms with Gasteiger partial charge in [0, 0.05) is 5.56 Å². The van der Waals surface area contributed by atoms with Crippen LogP contribution >= 0.6 is 11.3 Å². The van der Waals surface area contributed by atoms with E-state index in [1.807, 2.05) is 31.2 Å². The molecule has 1 aromatic carbocycles. The lowest BCUT2D eigenvalue weighted by atomic mass is 10.1. The lowest BCUT2D eigenvalue weighted by Gasteiger charge is -2.02. The van der Waals surface area contributed by atoms with Gasteiger partial charge in [0.15, 0.2) is 0 Å². The Bertz CT molecular complexity index is 687. The molecule has 0 atom stereocenters. The van der Waals surface area contributed by atoms with E-state index in [1.54, 1.807) is 4.52 Å². The van der Waals surface area contributed by atoms with Gasteiger partial charge in [0.25, 0.3) is 5.91 Å². The van der Waals surface area contributed by atoms with Crippen molar-refractivity contribution in [3.63, 3.8) is 0 Å². The number of benzene rings is 1. The first-order valence-electron chi connectivity index (χ1n) is 5.73. The van der Waals surface area contributed by atoms with Crippen molar-refractivity contribution in [2.24, 2.45) is 0 Å². The minimum Gasteiger partial charge on any atom is -0.345 e. The Hall–Kier alpha value is -2.28. The van der Waals surface area contributed by atoms with Crippen LogP contribution in [-0.4, -0.2) is 25.7 Å². The third kappa shape index (κ3) is 2.45. The molecule has 1 N–H and O–H groups in total. The van der Waals surface area contributed by atoms with Crippen LogP contribution in [0.1, 0.15) is 20.9 Å². The highest BCUT2D eigenvalue weighted by atomic mass is 32.1. The first-order chi connectivity index (χ1) is 9.22. The second-order valence-corrected chi connectivity index (χ2v) is 5.14. The SMILES string of the molecule is Cc1ccc(C(=O)NCc2nn3cnnc3s2)cc1. The second-order valence-electron chi connectivity index (χ2n) is 4.10. The zero-order chi connectivity index (χ0) is 13.2. The number of aryl methyl sites for hydroxylation is 1. The molecule has 2 aromatic heterocycles. The highest BCUT2D eigenvalue weighted by Crippen LogP contribution is 2.11. The van der Waals surface area contributed by atoms with Crippen molar-refractivity contribution >= 4 is 22.2 Å². The summed E-state index contributed by atoms with van der Waals surface area (Å²) in [6.07, 6.45) is 1.54. The molecule has 0 bridgehead atoms. The molecule has 0 spiro atoms. The third-order valence-electron chi connectivity index (χ3n) is 2.64. The predicted octanol–water partition coefficient (Wildman–Crippen LogP) is 1.42. The lowest BCUT2D eigenvalue weighted by Crippen LogP contribution is -2.22. The molecular formula is C12H11N5OS. The highest BCUT2D eigenvalue weighted by molar-refractivity contribution is 7.16. The number of carbonyl (C=O) groups excluding carboxylic acids is 1. The summed E-state index contributed by atoms with van der Waals surface area (Å²) in [5.41, 5.74) is 1.78. The maximum Gasteiger partial charge on any atom is 0.251 e. The van der Waals surface area contributed by atoms with E-state index in [0.717, 1.165) is 15.5 Å². The number of aromatic nitrogens is 4. The summed E-state index contributed by atoms with van der Waals surface area (Å²) in [5.74, 6) is -0.106. The van der Waals surface area contributed by atoms with E-state index in [9.17, 15) is 4.79 Å². The van der Waals surface area contributed by atoms with Gasteiger partial charge in [-0.15, -0.1) is 10.2 Å². The Morgan fingerprint density at radius 3 is 2.89 bits per heavy atom. The van der Waals surface area contributed by atoms with Crippen LogP contribution in [0.2, 0.25) is 0 Å². The Kier molecular flexibility index (Phi) is 2.96. The molecular weight excluding hydrogens is 262 g/mol. The van der Waals surface area contributed by atoms with Crippen molar-refractivity contribution in [3.8, 4) is 0 Å². The molecule has 1 amide bonds. The zero-order valence-corrected chi connectivity index (χ0v) is 11.0. The molecule has 0 aliphatic carbocycles. The molecule has 3 aromatic rings. The quantitative estimate of drug-likeness (QED) is 0.783. The minimum atomic E-state index is -0.106. The van der Waals surface area contributed by atoms with Crippen molar-refractivity contribution in [3.05, 3.63) is 46.7 Å². The summed E-state index contributed by atoms with van der Waals surface area (Å²) in [5, 5.41) is 15.5. The number of nitrogens with zero attached hydrogens (tertiary/aromatic N) is 4. The van der Waals surface area contributed by atoms with Gasteiger partial charge < -0.3 is 5.32 Å². The van der Waals surface area contributed by atoms with E-state index in [2.05, 4.69) is 20.6 Å². The van der Waals surface area contributed by atoms with E-state index in [0.29, 0.717) is 12.1 Å². The number of amides is 1. The summed E-state index contributed by atoms with van der Waals surface area (Å²) in [6.45, 7) is 2.38. The van der Waals surface area contributed by atoms with Crippen molar-refractivity contribution in [1.82, 2.24) is 25.1 Å². The van der Waals surface area contributed by atoms with Crippen LogP contribution < -0.4 is 5.32 Å². The van der Waals surface area contributed by atoms with Gasteiger partial charge in [-0.25, -0.2) is 0 Å². The van der Waals surface area contributed by atoms with Crippen molar-refractivity contribution in [2.75, 3.05) is 0 Å². The Balaban J connectivity index is 1.67. The molecule has 0 aliphatic heterocycles. The number of hydrogen-bond acceptors (Lipinski definition) is 5. The van der Waals surface area contributed by atoms with Gasteiger partial charge in [0.2, 0.25) is 4.96 Å². The predicted molar refractivity (Wildman–Crippen MR) is 71.0 cm³/mol. The topological polar surface area (TPSA) is 72.2 Å². The summed E-state index contributed by atoms with van der Waals surface area (Å²) in [6, 6.07) is 7.45. The molecule has 0 unspecified atom stereocenters. The highest BCUT2D eigenvalue weighted by Gasteiger charge is 2.08. The smallest absolute Gasteiger partial charge is 0.251 e. The average molecular weight is 273 g/mol. The van der Waals surface area contributed by atoms with Gasteiger partial charge in [-0.3, -0.25) is 4.79 Å². The van der Waals surface area contributed by atoms with E-state index in [-0.39, 0.29) is 5.91 Å². The number of fused-ring (bicyclic) bond motifs is 1. The Labute approximate surface area is 113 Å². The van der Waals surface area contributed by atoms with Crippen LogP contribution in [0, 0.1) is 6.92 Å². The fourth-order valence-electron chi connectivity index (χ4n) is 1.64. The standard InChI is InChI=1S/C12H11N5OS/c1-8-2-4-9(5-3-8)11(18)13-6-10-16-17-7-14-15-12(17)19-10/h2-5,7H,6H2,1H3,(H,13,18). The van der Waals surface area contributed by atoms with Gasteiger partial charge in [-0.1, -0.05) is 29.0 Å². The maximum atomic E-state index is 11.9. The molecule has 7 heteroatoms. The fourth-order valence-corrected chi connectivity index (χ4v) is 2.39. The summed E-state index contributed by atoms with van der Waals surface area (Å²) in [4.78, 5) is 12.6. The minimum absolute atomic E-state index is 0.106. The van der Waals surface area contributed by atoms with Crippen LogP contribution in [0.15, 0.2) is 30.6 Å². The maximum absolute atomic E-state index is 11.9. The molecule has 0 aliphatic rings. The summed E-state index contributed by atoms with van der Waals surface area (Å²) >= 11 is 1.41.